The van der Waals surface area contributed by atoms with Gasteiger partial charge in [0, 0.05) is 33.4 Å². The number of carbonyl (C=O) groups excluding carboxylic acids is 1. The van der Waals surface area contributed by atoms with E-state index in [2.05, 4.69) is 0 Å². The van der Waals surface area contributed by atoms with E-state index >= 15 is 0 Å². The van der Waals surface area contributed by atoms with Gasteiger partial charge in [-0.1, -0.05) is 0 Å². The second kappa shape index (κ2) is 8.22. The molecule has 1 atom stereocenters. The van der Waals surface area contributed by atoms with Crippen molar-refractivity contribution in [2.24, 2.45) is 0 Å². The minimum atomic E-state index is -0.939. The van der Waals surface area contributed by atoms with Crippen molar-refractivity contribution in [2.75, 3.05) is 33.4 Å². The molecule has 0 aliphatic carbocycles. The van der Waals surface area contributed by atoms with Gasteiger partial charge in [-0.15, -0.1) is 0 Å². The van der Waals surface area contributed by atoms with Crippen molar-refractivity contribution < 1.29 is 24.2 Å². The summed E-state index contributed by atoms with van der Waals surface area (Å²) in [6, 6.07) is -0.142. The number of carbonyl (C=O) groups is 2. The second-order valence-electron chi connectivity index (χ2n) is 6.54. The van der Waals surface area contributed by atoms with Gasteiger partial charge >= 0.3 is 12.2 Å². The van der Waals surface area contributed by atoms with Gasteiger partial charge in [0.25, 0.3) is 0 Å². The SMILES string of the molecule is COCCCCC1CN(C(=O)O)CCN1C(=O)OC(C)(C)C. The molecule has 1 heterocycles. The number of methoxy groups -OCH3 is 1. The van der Waals surface area contributed by atoms with Crippen molar-refractivity contribution in [3.63, 3.8) is 0 Å². The van der Waals surface area contributed by atoms with Gasteiger partial charge in [0.05, 0.1) is 6.04 Å². The number of hydrogen-bond acceptors (Lipinski definition) is 4. The summed E-state index contributed by atoms with van der Waals surface area (Å²) in [6.45, 7) is 7.17. The fourth-order valence-electron chi connectivity index (χ4n) is 2.46. The van der Waals surface area contributed by atoms with Gasteiger partial charge in [-0.2, -0.15) is 0 Å². The highest BCUT2D eigenvalue weighted by molar-refractivity contribution is 5.70. The molecule has 1 rings (SSSR count). The van der Waals surface area contributed by atoms with Gasteiger partial charge in [0.15, 0.2) is 0 Å². The van der Waals surface area contributed by atoms with E-state index in [1.807, 2.05) is 20.8 Å². The first-order valence-corrected chi connectivity index (χ1v) is 7.71. The molecule has 7 heteroatoms. The Hall–Kier alpha value is -1.50. The Kier molecular flexibility index (Phi) is 6.93. The van der Waals surface area contributed by atoms with Crippen LogP contribution in [0.3, 0.4) is 0 Å². The maximum absolute atomic E-state index is 12.3. The van der Waals surface area contributed by atoms with E-state index in [1.165, 1.54) is 4.90 Å². The summed E-state index contributed by atoms with van der Waals surface area (Å²) in [4.78, 5) is 26.5. The topological polar surface area (TPSA) is 79.3 Å². The summed E-state index contributed by atoms with van der Waals surface area (Å²) >= 11 is 0. The average molecular weight is 316 g/mol. The third kappa shape index (κ3) is 6.09. The highest BCUT2D eigenvalue weighted by atomic mass is 16.6. The van der Waals surface area contributed by atoms with Crippen molar-refractivity contribution in [1.82, 2.24) is 9.80 Å². The number of piperazine rings is 1. The minimum Gasteiger partial charge on any atom is -0.465 e. The van der Waals surface area contributed by atoms with Gasteiger partial charge in [-0.25, -0.2) is 9.59 Å². The molecule has 0 bridgehead atoms. The van der Waals surface area contributed by atoms with E-state index in [1.54, 1.807) is 12.0 Å². The van der Waals surface area contributed by atoms with E-state index in [9.17, 15) is 9.59 Å². The van der Waals surface area contributed by atoms with Gasteiger partial charge in [-0.05, 0) is 40.0 Å². The Morgan fingerprint density at radius 3 is 2.45 bits per heavy atom. The largest absolute Gasteiger partial charge is 0.465 e. The molecular formula is C15H28N2O5. The molecule has 1 unspecified atom stereocenters. The monoisotopic (exact) mass is 316 g/mol. The predicted octanol–water partition coefficient (Wildman–Crippen LogP) is 2.40. The first-order valence-electron chi connectivity index (χ1n) is 7.71. The van der Waals surface area contributed by atoms with E-state index in [0.717, 1.165) is 19.3 Å². The van der Waals surface area contributed by atoms with Crippen LogP contribution in [0.5, 0.6) is 0 Å². The van der Waals surface area contributed by atoms with Gasteiger partial charge < -0.3 is 24.4 Å². The van der Waals surface area contributed by atoms with Gasteiger partial charge in [0.2, 0.25) is 0 Å². The summed E-state index contributed by atoms with van der Waals surface area (Å²) in [7, 11) is 1.65. The van der Waals surface area contributed by atoms with E-state index < -0.39 is 11.7 Å². The summed E-state index contributed by atoms with van der Waals surface area (Å²) in [5.41, 5.74) is -0.554. The maximum atomic E-state index is 12.3. The Labute approximate surface area is 132 Å². The lowest BCUT2D eigenvalue weighted by molar-refractivity contribution is -0.00189. The highest BCUT2D eigenvalue weighted by Crippen LogP contribution is 2.19. The summed E-state index contributed by atoms with van der Waals surface area (Å²) in [5, 5.41) is 9.15. The van der Waals surface area contributed by atoms with E-state index in [0.29, 0.717) is 26.2 Å². The summed E-state index contributed by atoms with van der Waals surface area (Å²) in [5.74, 6) is 0. The first-order chi connectivity index (χ1) is 10.2. The lowest BCUT2D eigenvalue weighted by Gasteiger charge is -2.40. The van der Waals surface area contributed by atoms with Gasteiger partial charge in [0.1, 0.15) is 5.60 Å². The van der Waals surface area contributed by atoms with Crippen molar-refractivity contribution in [3.05, 3.63) is 0 Å². The van der Waals surface area contributed by atoms with Crippen molar-refractivity contribution in [2.45, 2.75) is 51.7 Å². The van der Waals surface area contributed by atoms with Crippen LogP contribution in [0.1, 0.15) is 40.0 Å². The Morgan fingerprint density at radius 2 is 1.91 bits per heavy atom. The number of nitrogens with zero attached hydrogens (tertiary/aromatic N) is 2. The molecule has 1 aliphatic rings. The number of amides is 2. The van der Waals surface area contributed by atoms with Crippen LogP contribution < -0.4 is 0 Å². The Bertz CT molecular complexity index is 381. The molecule has 1 aliphatic heterocycles. The summed E-state index contributed by atoms with van der Waals surface area (Å²) in [6.07, 6.45) is 1.21. The molecule has 128 valence electrons. The van der Waals surface area contributed by atoms with Crippen LogP contribution in [0, 0.1) is 0 Å². The molecule has 2 amide bonds. The fraction of sp³-hybridized carbons (Fsp3) is 0.867. The quantitative estimate of drug-likeness (QED) is 0.788. The molecule has 1 N–H and O–H groups in total. The van der Waals surface area contributed by atoms with Crippen molar-refractivity contribution >= 4 is 12.2 Å². The molecule has 22 heavy (non-hydrogen) atoms. The number of unbranched alkanes of at least 4 members (excludes halogenated alkanes) is 1. The van der Waals surface area contributed by atoms with Crippen LogP contribution in [0.15, 0.2) is 0 Å². The Balaban J connectivity index is 2.66. The second-order valence-corrected chi connectivity index (χ2v) is 6.54. The predicted molar refractivity (Wildman–Crippen MR) is 82.1 cm³/mol. The molecule has 0 radical (unpaired) electrons. The van der Waals surface area contributed by atoms with Crippen LogP contribution in [0.25, 0.3) is 0 Å². The molecule has 1 fully saturated rings. The van der Waals surface area contributed by atoms with Crippen molar-refractivity contribution in [3.8, 4) is 0 Å². The normalized spacial score (nSPS) is 19.2. The summed E-state index contributed by atoms with van der Waals surface area (Å²) < 4.78 is 10.4. The maximum Gasteiger partial charge on any atom is 0.410 e. The zero-order valence-electron chi connectivity index (χ0n) is 14.0. The van der Waals surface area contributed by atoms with Crippen LogP contribution in [-0.4, -0.2) is 72.1 Å². The molecule has 1 saturated heterocycles. The van der Waals surface area contributed by atoms with E-state index in [4.69, 9.17) is 14.6 Å². The van der Waals surface area contributed by atoms with Crippen LogP contribution in [-0.2, 0) is 9.47 Å². The highest BCUT2D eigenvalue weighted by Gasteiger charge is 2.34. The molecular weight excluding hydrogens is 288 g/mol. The van der Waals surface area contributed by atoms with Crippen LogP contribution in [0.4, 0.5) is 9.59 Å². The van der Waals surface area contributed by atoms with Crippen LogP contribution >= 0.6 is 0 Å². The zero-order valence-corrected chi connectivity index (χ0v) is 14.0. The molecule has 0 spiro atoms. The number of rotatable bonds is 5. The molecule has 0 saturated carbocycles. The first kappa shape index (κ1) is 18.5. The molecule has 7 nitrogen and oxygen atoms in total. The number of hydrogen-bond donors (Lipinski definition) is 1. The molecule has 0 aromatic heterocycles. The Morgan fingerprint density at radius 1 is 1.23 bits per heavy atom. The number of ether oxygens (including phenoxy) is 2. The number of carboxylic acid groups (broad SMARTS) is 1. The standard InChI is InChI=1S/C15H28N2O5/c1-15(2,3)22-14(20)17-9-8-16(13(18)19)11-12(17)7-5-6-10-21-4/h12H,5-11H2,1-4H3,(H,18,19). The van der Waals surface area contributed by atoms with Crippen molar-refractivity contribution in [1.29, 1.82) is 0 Å². The molecule has 0 aromatic carbocycles. The lowest BCUT2D eigenvalue weighted by atomic mass is 10.1. The lowest BCUT2D eigenvalue weighted by Crippen LogP contribution is -2.57. The minimum absolute atomic E-state index is 0.142. The smallest absolute Gasteiger partial charge is 0.410 e. The zero-order chi connectivity index (χ0) is 16.8. The molecule has 0 aromatic rings. The van der Waals surface area contributed by atoms with E-state index in [-0.39, 0.29) is 12.1 Å². The third-order valence-electron chi connectivity index (χ3n) is 3.52. The fourth-order valence-corrected chi connectivity index (χ4v) is 2.46. The van der Waals surface area contributed by atoms with Gasteiger partial charge in [-0.3, -0.25) is 0 Å². The average Bonchev–Trinajstić information content (AvgIpc) is 2.41. The van der Waals surface area contributed by atoms with Crippen LogP contribution in [0.2, 0.25) is 0 Å². The third-order valence-corrected chi connectivity index (χ3v) is 3.52.